The van der Waals surface area contributed by atoms with E-state index in [9.17, 15) is 9.59 Å². The number of methoxy groups -OCH3 is 1. The molecule has 6 heteroatoms. The Hall–Kier alpha value is -2.24. The van der Waals surface area contributed by atoms with E-state index in [1.165, 1.54) is 0 Å². The molecule has 1 fully saturated rings. The van der Waals surface area contributed by atoms with Crippen LogP contribution in [-0.4, -0.2) is 30.8 Å². The molecular weight excluding hydrogens is 260 g/mol. The molecule has 108 valence electrons. The van der Waals surface area contributed by atoms with Gasteiger partial charge in [-0.25, -0.2) is 4.79 Å². The van der Waals surface area contributed by atoms with Gasteiger partial charge in [0.15, 0.2) is 0 Å². The molecule has 3 N–H and O–H groups in total. The van der Waals surface area contributed by atoms with E-state index in [1.54, 1.807) is 19.2 Å². The molecule has 0 aliphatic heterocycles. The first-order chi connectivity index (χ1) is 9.47. The van der Waals surface area contributed by atoms with E-state index >= 15 is 0 Å². The third kappa shape index (κ3) is 3.01. The molecular formula is C14H18N2O4. The first-order valence-electron chi connectivity index (χ1n) is 6.40. The van der Waals surface area contributed by atoms with E-state index in [-0.39, 0.29) is 6.54 Å². The highest BCUT2D eigenvalue weighted by Gasteiger charge is 2.50. The zero-order chi connectivity index (χ0) is 14.8. The van der Waals surface area contributed by atoms with Gasteiger partial charge in [-0.05, 0) is 43.5 Å². The van der Waals surface area contributed by atoms with Gasteiger partial charge in [-0.2, -0.15) is 0 Å². The maximum atomic E-state index is 11.8. The van der Waals surface area contributed by atoms with Crippen LogP contribution in [0.2, 0.25) is 0 Å². The molecule has 0 atom stereocenters. The van der Waals surface area contributed by atoms with E-state index in [0.717, 1.165) is 11.3 Å². The Morgan fingerprint density at radius 1 is 1.40 bits per heavy atom. The van der Waals surface area contributed by atoms with Gasteiger partial charge in [0.25, 0.3) is 0 Å². The second-order valence-electron chi connectivity index (χ2n) is 5.07. The summed E-state index contributed by atoms with van der Waals surface area (Å²) in [6.07, 6.45) is 1.23. The summed E-state index contributed by atoms with van der Waals surface area (Å²) in [6.45, 7) is 2.02. The van der Waals surface area contributed by atoms with Crippen molar-refractivity contribution < 1.29 is 19.4 Å². The van der Waals surface area contributed by atoms with Crippen LogP contribution in [0.3, 0.4) is 0 Å². The van der Waals surface area contributed by atoms with Crippen LogP contribution in [0.5, 0.6) is 5.75 Å². The third-order valence-electron chi connectivity index (χ3n) is 3.58. The normalized spacial score (nSPS) is 15.3. The summed E-state index contributed by atoms with van der Waals surface area (Å²) in [4.78, 5) is 22.8. The zero-order valence-electron chi connectivity index (χ0n) is 11.5. The number of rotatable bonds is 5. The number of anilines is 1. The molecule has 0 unspecified atom stereocenters. The summed E-state index contributed by atoms with van der Waals surface area (Å²) >= 11 is 0. The molecule has 1 aliphatic carbocycles. The predicted octanol–water partition coefficient (Wildman–Crippen LogP) is 1.99. The predicted molar refractivity (Wildman–Crippen MR) is 74.1 cm³/mol. The first kappa shape index (κ1) is 14.2. The Labute approximate surface area is 117 Å². The van der Waals surface area contributed by atoms with Gasteiger partial charge in [-0.3, -0.25) is 4.79 Å². The van der Waals surface area contributed by atoms with Crippen LogP contribution in [0.25, 0.3) is 0 Å². The minimum atomic E-state index is -0.849. The highest BCUT2D eigenvalue weighted by Crippen LogP contribution is 2.45. The van der Waals surface area contributed by atoms with Crippen LogP contribution in [0.4, 0.5) is 10.5 Å². The lowest BCUT2D eigenvalue weighted by atomic mass is 10.1. The average molecular weight is 278 g/mol. The number of hydrogen-bond donors (Lipinski definition) is 3. The van der Waals surface area contributed by atoms with Crippen molar-refractivity contribution in [2.45, 2.75) is 19.8 Å². The number of benzene rings is 1. The molecule has 0 saturated heterocycles. The standard InChI is InChI=1S/C14H18N2O4/c1-9-7-10(20-2)3-4-11(9)16-13(19)15-8-14(5-6-14)12(17)18/h3-4,7H,5-6,8H2,1-2H3,(H,17,18)(H2,15,16,19). The van der Waals surface area contributed by atoms with E-state index in [2.05, 4.69) is 10.6 Å². The van der Waals surface area contributed by atoms with Crippen molar-refractivity contribution in [2.75, 3.05) is 19.0 Å². The molecule has 2 rings (SSSR count). The number of carboxylic acid groups (broad SMARTS) is 1. The molecule has 1 aliphatic rings. The van der Waals surface area contributed by atoms with E-state index < -0.39 is 17.4 Å². The first-order valence-corrected chi connectivity index (χ1v) is 6.40. The molecule has 0 radical (unpaired) electrons. The molecule has 1 saturated carbocycles. The summed E-state index contributed by atoms with van der Waals surface area (Å²) in [5.74, 6) is -0.130. The minimum absolute atomic E-state index is 0.156. The quantitative estimate of drug-likeness (QED) is 0.768. The van der Waals surface area contributed by atoms with Gasteiger partial charge in [0.1, 0.15) is 5.75 Å². The van der Waals surface area contributed by atoms with Gasteiger partial charge >= 0.3 is 12.0 Å². The summed E-state index contributed by atoms with van der Waals surface area (Å²) in [7, 11) is 1.58. The van der Waals surface area contributed by atoms with Crippen molar-refractivity contribution in [1.82, 2.24) is 5.32 Å². The second-order valence-corrected chi connectivity index (χ2v) is 5.07. The molecule has 6 nitrogen and oxygen atoms in total. The Kier molecular flexibility index (Phi) is 3.83. The largest absolute Gasteiger partial charge is 0.497 e. The van der Waals surface area contributed by atoms with Gasteiger partial charge in [0.2, 0.25) is 0 Å². The summed E-state index contributed by atoms with van der Waals surface area (Å²) in [6, 6.07) is 4.92. The lowest BCUT2D eigenvalue weighted by Crippen LogP contribution is -2.36. The number of carboxylic acids is 1. The van der Waals surface area contributed by atoms with E-state index in [1.807, 2.05) is 13.0 Å². The van der Waals surface area contributed by atoms with Gasteiger partial charge in [0, 0.05) is 12.2 Å². The van der Waals surface area contributed by atoms with Crippen LogP contribution in [0.1, 0.15) is 18.4 Å². The lowest BCUT2D eigenvalue weighted by molar-refractivity contribution is -0.143. The van der Waals surface area contributed by atoms with Crippen LogP contribution < -0.4 is 15.4 Å². The Morgan fingerprint density at radius 2 is 2.10 bits per heavy atom. The van der Waals surface area contributed by atoms with Crippen molar-refractivity contribution in [3.05, 3.63) is 23.8 Å². The molecule has 0 spiro atoms. The number of aryl methyl sites for hydroxylation is 1. The van der Waals surface area contributed by atoms with Gasteiger partial charge in [-0.15, -0.1) is 0 Å². The fourth-order valence-corrected chi connectivity index (χ4v) is 1.94. The van der Waals surface area contributed by atoms with Gasteiger partial charge in [0.05, 0.1) is 12.5 Å². The van der Waals surface area contributed by atoms with Crippen LogP contribution in [0.15, 0.2) is 18.2 Å². The minimum Gasteiger partial charge on any atom is -0.497 e. The maximum Gasteiger partial charge on any atom is 0.319 e. The van der Waals surface area contributed by atoms with Crippen molar-refractivity contribution >= 4 is 17.7 Å². The fourth-order valence-electron chi connectivity index (χ4n) is 1.94. The van der Waals surface area contributed by atoms with E-state index in [0.29, 0.717) is 18.5 Å². The Morgan fingerprint density at radius 3 is 2.60 bits per heavy atom. The number of nitrogens with one attached hydrogen (secondary N) is 2. The molecule has 0 bridgehead atoms. The summed E-state index contributed by atoms with van der Waals surface area (Å²) in [5, 5.41) is 14.3. The number of amides is 2. The number of carbonyl (C=O) groups is 2. The van der Waals surface area contributed by atoms with Crippen molar-refractivity contribution in [2.24, 2.45) is 5.41 Å². The molecule has 20 heavy (non-hydrogen) atoms. The van der Waals surface area contributed by atoms with Crippen molar-refractivity contribution in [3.63, 3.8) is 0 Å². The molecule has 0 heterocycles. The van der Waals surface area contributed by atoms with Crippen molar-refractivity contribution in [3.8, 4) is 5.75 Å². The van der Waals surface area contributed by atoms with Crippen molar-refractivity contribution in [1.29, 1.82) is 0 Å². The van der Waals surface area contributed by atoms with Crippen LogP contribution >= 0.6 is 0 Å². The van der Waals surface area contributed by atoms with Gasteiger partial charge < -0.3 is 20.5 Å². The maximum absolute atomic E-state index is 11.8. The Bertz CT molecular complexity index is 538. The number of urea groups is 1. The number of hydrogen-bond acceptors (Lipinski definition) is 3. The number of ether oxygens (including phenoxy) is 1. The molecule has 1 aromatic rings. The highest BCUT2D eigenvalue weighted by molar-refractivity contribution is 5.90. The van der Waals surface area contributed by atoms with Crippen LogP contribution in [0, 0.1) is 12.3 Å². The highest BCUT2D eigenvalue weighted by atomic mass is 16.5. The SMILES string of the molecule is COc1ccc(NC(=O)NCC2(C(=O)O)CC2)c(C)c1. The number of aliphatic carboxylic acids is 1. The smallest absolute Gasteiger partial charge is 0.319 e. The van der Waals surface area contributed by atoms with E-state index in [4.69, 9.17) is 9.84 Å². The second kappa shape index (κ2) is 5.40. The third-order valence-corrected chi connectivity index (χ3v) is 3.58. The number of carbonyl (C=O) groups excluding carboxylic acids is 1. The summed E-state index contributed by atoms with van der Waals surface area (Å²) < 4.78 is 5.09. The Balaban J connectivity index is 1.90. The average Bonchev–Trinajstić information content (AvgIpc) is 3.20. The molecule has 2 amide bonds. The van der Waals surface area contributed by atoms with Gasteiger partial charge in [-0.1, -0.05) is 0 Å². The lowest BCUT2D eigenvalue weighted by Gasteiger charge is -2.13. The zero-order valence-corrected chi connectivity index (χ0v) is 11.5. The topological polar surface area (TPSA) is 87.7 Å². The van der Waals surface area contributed by atoms with Crippen LogP contribution in [-0.2, 0) is 4.79 Å². The summed E-state index contributed by atoms with van der Waals surface area (Å²) in [5.41, 5.74) is 0.786. The monoisotopic (exact) mass is 278 g/mol. The molecule has 1 aromatic carbocycles. The molecule has 0 aromatic heterocycles. The fraction of sp³-hybridized carbons (Fsp3) is 0.429.